The number of benzene rings is 1. The lowest BCUT2D eigenvalue weighted by Gasteiger charge is -2.05. The quantitative estimate of drug-likeness (QED) is 0.767. The average Bonchev–Trinajstić information content (AvgIpc) is 2.79. The molecule has 1 heterocycles. The van der Waals surface area contributed by atoms with Crippen molar-refractivity contribution >= 4 is 21.8 Å². The van der Waals surface area contributed by atoms with Crippen molar-refractivity contribution in [2.75, 3.05) is 4.72 Å². The van der Waals surface area contributed by atoms with Gasteiger partial charge in [0.2, 0.25) is 10.0 Å². The van der Waals surface area contributed by atoms with Crippen LogP contribution in [-0.4, -0.2) is 29.7 Å². The van der Waals surface area contributed by atoms with E-state index in [1.807, 2.05) is 0 Å². The minimum atomic E-state index is -3.76. The van der Waals surface area contributed by atoms with Crippen molar-refractivity contribution in [1.82, 2.24) is 10.2 Å². The Bertz CT molecular complexity index is 724. The van der Waals surface area contributed by atoms with Gasteiger partial charge in [0.1, 0.15) is 11.5 Å². The standard InChI is InChI=1S/C11H10FN3O4S/c12-8-3-1-7(2-4-8)6-20(18,19)15-10-5-9(11(16)17)13-14-10/h1-5H,6H2,(H,16,17)(H2,13,14,15). The third-order valence-corrected chi connectivity index (χ3v) is 3.57. The highest BCUT2D eigenvalue weighted by molar-refractivity contribution is 7.91. The Morgan fingerprint density at radius 2 is 2.00 bits per heavy atom. The van der Waals surface area contributed by atoms with Gasteiger partial charge in [-0.15, -0.1) is 0 Å². The molecule has 1 aromatic heterocycles. The number of sulfonamides is 1. The minimum absolute atomic E-state index is 0.121. The van der Waals surface area contributed by atoms with Crippen LogP contribution in [0.25, 0.3) is 0 Å². The van der Waals surface area contributed by atoms with E-state index in [0.717, 1.165) is 18.2 Å². The number of carbonyl (C=O) groups is 1. The van der Waals surface area contributed by atoms with E-state index in [2.05, 4.69) is 14.9 Å². The summed E-state index contributed by atoms with van der Waals surface area (Å²) in [6.07, 6.45) is 0. The molecule has 9 heteroatoms. The smallest absolute Gasteiger partial charge is 0.353 e. The zero-order chi connectivity index (χ0) is 14.8. The number of nitrogens with one attached hydrogen (secondary N) is 2. The SMILES string of the molecule is O=C(O)c1cc(NS(=O)(=O)Cc2ccc(F)cc2)n[nH]1. The number of aromatic nitrogens is 2. The molecule has 2 rings (SSSR count). The summed E-state index contributed by atoms with van der Waals surface area (Å²) >= 11 is 0. The number of aromatic carboxylic acids is 1. The van der Waals surface area contributed by atoms with E-state index in [1.54, 1.807) is 0 Å². The van der Waals surface area contributed by atoms with Crippen molar-refractivity contribution in [3.63, 3.8) is 0 Å². The fourth-order valence-electron chi connectivity index (χ4n) is 1.48. The zero-order valence-electron chi connectivity index (χ0n) is 10.00. The molecule has 0 aliphatic rings. The van der Waals surface area contributed by atoms with E-state index in [-0.39, 0.29) is 17.3 Å². The maximum Gasteiger partial charge on any atom is 0.353 e. The highest BCUT2D eigenvalue weighted by atomic mass is 32.2. The number of aromatic amines is 1. The van der Waals surface area contributed by atoms with E-state index in [4.69, 9.17) is 5.11 Å². The van der Waals surface area contributed by atoms with Crippen molar-refractivity contribution in [1.29, 1.82) is 0 Å². The van der Waals surface area contributed by atoms with E-state index in [0.29, 0.717) is 5.56 Å². The van der Waals surface area contributed by atoms with Gasteiger partial charge in [-0.1, -0.05) is 12.1 Å². The van der Waals surface area contributed by atoms with Crippen LogP contribution < -0.4 is 4.72 Å². The molecule has 106 valence electrons. The van der Waals surface area contributed by atoms with Crippen LogP contribution in [0.5, 0.6) is 0 Å². The van der Waals surface area contributed by atoms with Gasteiger partial charge >= 0.3 is 5.97 Å². The normalized spacial score (nSPS) is 11.2. The molecule has 1 aromatic carbocycles. The van der Waals surface area contributed by atoms with Crippen LogP contribution in [0.4, 0.5) is 10.2 Å². The summed E-state index contributed by atoms with van der Waals surface area (Å²) in [5.74, 6) is -2.20. The molecular weight excluding hydrogens is 289 g/mol. The summed E-state index contributed by atoms with van der Waals surface area (Å²) in [4.78, 5) is 10.6. The Morgan fingerprint density at radius 3 is 2.55 bits per heavy atom. The molecule has 7 nitrogen and oxygen atoms in total. The number of hydrogen-bond donors (Lipinski definition) is 3. The molecule has 20 heavy (non-hydrogen) atoms. The molecule has 0 fully saturated rings. The maximum absolute atomic E-state index is 12.7. The third-order valence-electron chi connectivity index (χ3n) is 2.34. The lowest BCUT2D eigenvalue weighted by atomic mass is 10.2. The monoisotopic (exact) mass is 299 g/mol. The second-order valence-corrected chi connectivity index (χ2v) is 5.68. The van der Waals surface area contributed by atoms with Crippen LogP contribution in [0, 0.1) is 5.82 Å². The summed E-state index contributed by atoms with van der Waals surface area (Å²) in [6, 6.07) is 6.07. The topological polar surface area (TPSA) is 112 Å². The van der Waals surface area contributed by atoms with Gasteiger partial charge in [0.15, 0.2) is 5.82 Å². The molecule has 0 aliphatic carbocycles. The number of nitrogens with zero attached hydrogens (tertiary/aromatic N) is 1. The van der Waals surface area contributed by atoms with Crippen LogP contribution in [0.3, 0.4) is 0 Å². The fourth-order valence-corrected chi connectivity index (χ4v) is 2.61. The molecular formula is C11H10FN3O4S. The van der Waals surface area contributed by atoms with Crippen molar-refractivity contribution < 1.29 is 22.7 Å². The number of anilines is 1. The molecule has 0 aliphatic heterocycles. The Labute approximate surface area is 113 Å². The summed E-state index contributed by atoms with van der Waals surface area (Å²) in [5.41, 5.74) is 0.164. The van der Waals surface area contributed by atoms with E-state index < -0.39 is 21.8 Å². The number of rotatable bonds is 5. The van der Waals surface area contributed by atoms with Gasteiger partial charge in [-0.2, -0.15) is 5.10 Å². The van der Waals surface area contributed by atoms with Crippen molar-refractivity contribution in [2.24, 2.45) is 0 Å². The number of carboxylic acid groups (broad SMARTS) is 1. The summed E-state index contributed by atoms with van der Waals surface area (Å²) < 4.78 is 38.5. The first-order valence-electron chi connectivity index (χ1n) is 5.39. The van der Waals surface area contributed by atoms with Crippen molar-refractivity contribution in [3.05, 3.63) is 47.4 Å². The molecule has 0 amide bonds. The highest BCUT2D eigenvalue weighted by Gasteiger charge is 2.15. The lowest BCUT2D eigenvalue weighted by molar-refractivity contribution is 0.0690. The molecule has 0 bridgehead atoms. The summed E-state index contributed by atoms with van der Waals surface area (Å²) in [6.45, 7) is 0. The molecule has 0 saturated carbocycles. The van der Waals surface area contributed by atoms with Gasteiger partial charge in [-0.25, -0.2) is 17.6 Å². The van der Waals surface area contributed by atoms with Gasteiger partial charge in [0.05, 0.1) is 5.75 Å². The second kappa shape index (κ2) is 5.29. The van der Waals surface area contributed by atoms with Gasteiger partial charge in [0, 0.05) is 6.07 Å². The predicted octanol–water partition coefficient (Wildman–Crippen LogP) is 1.19. The Morgan fingerprint density at radius 1 is 1.35 bits per heavy atom. The molecule has 0 unspecified atom stereocenters. The first-order chi connectivity index (χ1) is 9.35. The van der Waals surface area contributed by atoms with Crippen LogP contribution in [0.15, 0.2) is 30.3 Å². The molecule has 3 N–H and O–H groups in total. The Balaban J connectivity index is 2.10. The molecule has 0 atom stereocenters. The highest BCUT2D eigenvalue weighted by Crippen LogP contribution is 2.12. The number of hydrogen-bond acceptors (Lipinski definition) is 4. The summed E-state index contributed by atoms with van der Waals surface area (Å²) in [7, 11) is -3.76. The summed E-state index contributed by atoms with van der Waals surface area (Å²) in [5, 5.41) is 14.4. The fraction of sp³-hybridized carbons (Fsp3) is 0.0909. The zero-order valence-corrected chi connectivity index (χ0v) is 10.8. The molecule has 2 aromatic rings. The van der Waals surface area contributed by atoms with Crippen molar-refractivity contribution in [3.8, 4) is 0 Å². The largest absolute Gasteiger partial charge is 0.477 e. The van der Waals surface area contributed by atoms with Gasteiger partial charge in [-0.05, 0) is 17.7 Å². The first-order valence-corrected chi connectivity index (χ1v) is 7.04. The van der Waals surface area contributed by atoms with E-state index in [9.17, 15) is 17.6 Å². The van der Waals surface area contributed by atoms with Crippen LogP contribution in [-0.2, 0) is 15.8 Å². The predicted molar refractivity (Wildman–Crippen MR) is 68.2 cm³/mol. The average molecular weight is 299 g/mol. The Kier molecular flexibility index (Phi) is 3.70. The van der Waals surface area contributed by atoms with Crippen LogP contribution >= 0.6 is 0 Å². The molecule has 0 saturated heterocycles. The van der Waals surface area contributed by atoms with Crippen molar-refractivity contribution in [2.45, 2.75) is 5.75 Å². The van der Waals surface area contributed by atoms with E-state index in [1.165, 1.54) is 12.1 Å². The lowest BCUT2D eigenvalue weighted by Crippen LogP contribution is -2.15. The van der Waals surface area contributed by atoms with E-state index >= 15 is 0 Å². The first kappa shape index (κ1) is 14.0. The van der Waals surface area contributed by atoms with Gasteiger partial charge < -0.3 is 5.11 Å². The second-order valence-electron chi connectivity index (χ2n) is 3.96. The third kappa shape index (κ3) is 3.54. The number of halogens is 1. The van der Waals surface area contributed by atoms with Gasteiger partial charge in [0.25, 0.3) is 0 Å². The van der Waals surface area contributed by atoms with Crippen LogP contribution in [0.2, 0.25) is 0 Å². The minimum Gasteiger partial charge on any atom is -0.477 e. The maximum atomic E-state index is 12.7. The molecule has 0 radical (unpaired) electrons. The molecule has 0 spiro atoms. The number of H-pyrrole nitrogens is 1. The number of carboxylic acids is 1. The van der Waals surface area contributed by atoms with Crippen LogP contribution in [0.1, 0.15) is 16.1 Å². The van der Waals surface area contributed by atoms with Gasteiger partial charge in [-0.3, -0.25) is 9.82 Å². The Hall–Kier alpha value is -2.42.